The van der Waals surface area contributed by atoms with Crippen LogP contribution in [0.25, 0.3) is 0 Å². The van der Waals surface area contributed by atoms with Gasteiger partial charge in [-0.1, -0.05) is 0 Å². The standard InChI is InChI=1S/ClH.2Na.H2O3Si.2H/c;;;1-4(2)3;;/h1H;;;1-2H;;/q;2*+1;;2*-1. The molecule has 0 saturated heterocycles. The van der Waals surface area contributed by atoms with Crippen LogP contribution in [0, 0.1) is 0 Å². The maximum absolute atomic E-state index is 8.74. The van der Waals surface area contributed by atoms with E-state index in [1.54, 1.807) is 0 Å². The van der Waals surface area contributed by atoms with E-state index in [2.05, 4.69) is 0 Å². The summed E-state index contributed by atoms with van der Waals surface area (Å²) >= 11 is 0. The molecule has 0 fully saturated rings. The summed E-state index contributed by atoms with van der Waals surface area (Å²) in [5.41, 5.74) is 0. The third kappa shape index (κ3) is 75.9. The Labute approximate surface area is 96.4 Å². The summed E-state index contributed by atoms with van der Waals surface area (Å²) < 4.78 is 8.74. The molecule has 0 aliphatic heterocycles. The molecule has 7 heavy (non-hydrogen) atoms. The molecular weight excluding hydrogens is 158 g/mol. The molecule has 0 heterocycles. The molecule has 2 N–H and O–H groups in total. The number of hydrogen-bond donors (Lipinski definition) is 2. The Kier molecular flexibility index (Phi) is 51.8. The van der Waals surface area contributed by atoms with Crippen LogP contribution in [0.2, 0.25) is 0 Å². The second-order valence-electron chi connectivity index (χ2n) is 0.283. The van der Waals surface area contributed by atoms with E-state index >= 15 is 0 Å². The van der Waals surface area contributed by atoms with Gasteiger partial charge in [-0.3, -0.25) is 4.46 Å². The maximum Gasteiger partial charge on any atom is 1.00 e. The summed E-state index contributed by atoms with van der Waals surface area (Å²) in [6.45, 7) is 0. The van der Waals surface area contributed by atoms with Gasteiger partial charge in [-0.15, -0.1) is 12.4 Å². The molecule has 0 aliphatic rings. The van der Waals surface area contributed by atoms with Crippen molar-refractivity contribution in [3.63, 3.8) is 0 Å². The van der Waals surface area contributed by atoms with Crippen molar-refractivity contribution < 1.29 is 76.0 Å². The van der Waals surface area contributed by atoms with Crippen LogP contribution >= 0.6 is 12.4 Å². The van der Waals surface area contributed by atoms with Crippen molar-refractivity contribution in [2.45, 2.75) is 0 Å². The number of rotatable bonds is 0. The normalized spacial score (nSPS) is 3.43. The molecule has 0 rings (SSSR count). The minimum atomic E-state index is -3.13. The Balaban J connectivity index is -0.00000000450. The Morgan fingerprint density at radius 2 is 1.29 bits per heavy atom. The molecule has 0 aromatic heterocycles. The predicted octanol–water partition coefficient (Wildman–Crippen LogP) is -6.96. The zero-order chi connectivity index (χ0) is 3.58. The van der Waals surface area contributed by atoms with E-state index in [0.717, 1.165) is 0 Å². The fourth-order valence-electron chi connectivity index (χ4n) is 0. The molecule has 0 aromatic carbocycles. The summed E-state index contributed by atoms with van der Waals surface area (Å²) in [6, 6.07) is 0. The molecule has 0 saturated carbocycles. The zero-order valence-electron chi connectivity index (χ0n) is 6.21. The van der Waals surface area contributed by atoms with Gasteiger partial charge in [0.15, 0.2) is 0 Å². The number of hydrogen-bond acceptors (Lipinski definition) is 1. The first-order valence-corrected chi connectivity index (χ1v) is 1.95. The molecule has 7 heteroatoms. The molecule has 3 nitrogen and oxygen atoms in total. The SMILES string of the molecule is Cl.O=[Si](O)O.[H-].[H-].[Na+].[Na+]. The third-order valence-corrected chi connectivity index (χ3v) is 0. The first-order chi connectivity index (χ1) is 1.73. The molecule has 0 radical (unpaired) electrons. The van der Waals surface area contributed by atoms with Crippen molar-refractivity contribution in [3.05, 3.63) is 0 Å². The molecule has 0 unspecified atom stereocenters. The van der Waals surface area contributed by atoms with Crippen LogP contribution in [0.4, 0.5) is 0 Å². The molecule has 36 valence electrons. The van der Waals surface area contributed by atoms with E-state index in [-0.39, 0.29) is 74.4 Å². The van der Waals surface area contributed by atoms with Crippen LogP contribution < -0.4 is 59.1 Å². The van der Waals surface area contributed by atoms with Crippen LogP contribution in [0.5, 0.6) is 0 Å². The van der Waals surface area contributed by atoms with Gasteiger partial charge in [0.2, 0.25) is 0 Å². The number of halogens is 1. The topological polar surface area (TPSA) is 57.5 Å². The average molecular weight is 163 g/mol. The minimum absolute atomic E-state index is 0. The second kappa shape index (κ2) is 15.7. The van der Waals surface area contributed by atoms with Gasteiger partial charge in [-0.2, -0.15) is 0 Å². The quantitative estimate of drug-likeness (QED) is 0.348. The van der Waals surface area contributed by atoms with Crippen LogP contribution in [0.15, 0.2) is 0 Å². The van der Waals surface area contributed by atoms with Crippen LogP contribution in [-0.4, -0.2) is 18.8 Å². The van der Waals surface area contributed by atoms with E-state index in [9.17, 15) is 0 Å². The van der Waals surface area contributed by atoms with Gasteiger partial charge < -0.3 is 12.4 Å². The van der Waals surface area contributed by atoms with Gasteiger partial charge in [0.25, 0.3) is 0 Å². The largest absolute Gasteiger partial charge is 1.00 e. The zero-order valence-corrected chi connectivity index (χ0v) is 10.0. The van der Waals surface area contributed by atoms with E-state index in [1.165, 1.54) is 0 Å². The predicted molar refractivity (Wildman–Crippen MR) is 20.4 cm³/mol. The fourth-order valence-corrected chi connectivity index (χ4v) is 0. The molecule has 0 atom stereocenters. The maximum atomic E-state index is 8.74. The van der Waals surface area contributed by atoms with Gasteiger partial charge in [0.1, 0.15) is 0 Å². The molecule has 0 aromatic rings. The van der Waals surface area contributed by atoms with Crippen molar-refractivity contribution in [2.75, 3.05) is 0 Å². The Morgan fingerprint density at radius 1 is 1.29 bits per heavy atom. The average Bonchev–Trinajstić information content (AvgIpc) is 0.811. The molecule has 0 aliphatic carbocycles. The van der Waals surface area contributed by atoms with Crippen molar-refractivity contribution in [1.82, 2.24) is 0 Å². The first-order valence-electron chi connectivity index (χ1n) is 0.651. The van der Waals surface area contributed by atoms with E-state index in [1.807, 2.05) is 0 Å². The summed E-state index contributed by atoms with van der Waals surface area (Å²) in [7, 11) is -3.13. The Hall–Kier alpha value is 1.91. The Morgan fingerprint density at radius 3 is 1.29 bits per heavy atom. The van der Waals surface area contributed by atoms with E-state index < -0.39 is 9.17 Å². The third-order valence-electron chi connectivity index (χ3n) is 0. The molecule has 0 spiro atoms. The van der Waals surface area contributed by atoms with Crippen LogP contribution in [0.3, 0.4) is 0 Å². The van der Waals surface area contributed by atoms with Gasteiger partial charge in [-0.25, -0.2) is 0 Å². The van der Waals surface area contributed by atoms with Crippen molar-refractivity contribution in [1.29, 1.82) is 0 Å². The molecule has 0 amide bonds. The van der Waals surface area contributed by atoms with Crippen molar-refractivity contribution >= 4 is 21.6 Å². The van der Waals surface area contributed by atoms with Gasteiger partial charge in [0.05, 0.1) is 0 Å². The van der Waals surface area contributed by atoms with Gasteiger partial charge in [0, 0.05) is 0 Å². The summed E-state index contributed by atoms with van der Waals surface area (Å²) in [6.07, 6.45) is 0. The fraction of sp³-hybridized carbons (Fsp3) is 0. The van der Waals surface area contributed by atoms with E-state index in [4.69, 9.17) is 14.1 Å². The van der Waals surface area contributed by atoms with Crippen LogP contribution in [0.1, 0.15) is 2.85 Å². The van der Waals surface area contributed by atoms with Gasteiger partial charge >= 0.3 is 68.3 Å². The summed E-state index contributed by atoms with van der Waals surface area (Å²) in [5, 5.41) is 0. The summed E-state index contributed by atoms with van der Waals surface area (Å²) in [4.78, 5) is 14.3. The summed E-state index contributed by atoms with van der Waals surface area (Å²) in [5.74, 6) is 0. The van der Waals surface area contributed by atoms with Crippen molar-refractivity contribution in [3.8, 4) is 0 Å². The monoisotopic (exact) mass is 162 g/mol. The van der Waals surface area contributed by atoms with E-state index in [0.29, 0.717) is 0 Å². The first kappa shape index (κ1) is 23.1. The van der Waals surface area contributed by atoms with Crippen LogP contribution in [-0.2, 0) is 4.46 Å². The molecule has 0 bridgehead atoms. The Bertz CT molecular complexity index is 42.8. The minimum Gasteiger partial charge on any atom is -1.00 e. The smallest absolute Gasteiger partial charge is 1.00 e. The van der Waals surface area contributed by atoms with Crippen molar-refractivity contribution in [2.24, 2.45) is 0 Å². The van der Waals surface area contributed by atoms with Gasteiger partial charge in [-0.05, 0) is 0 Å². The molecular formula is H5ClNa2O3Si. The second-order valence-corrected chi connectivity index (χ2v) is 0.848.